The highest BCUT2D eigenvalue weighted by molar-refractivity contribution is 7.92. The molecule has 0 spiro atoms. The van der Waals surface area contributed by atoms with Gasteiger partial charge in [-0.3, -0.25) is 0 Å². The van der Waals surface area contributed by atoms with Crippen LogP contribution in [0, 0.1) is 0 Å². The first-order chi connectivity index (χ1) is 8.72. The fraction of sp³-hybridized carbons (Fsp3) is 0.571. The zero-order chi connectivity index (χ0) is 14.3. The van der Waals surface area contributed by atoms with Crippen LogP contribution in [-0.2, 0) is 9.84 Å². The zero-order valence-electron chi connectivity index (χ0n) is 11.6. The van der Waals surface area contributed by atoms with Gasteiger partial charge in [-0.05, 0) is 44.4 Å². The molecule has 0 aliphatic heterocycles. The summed E-state index contributed by atoms with van der Waals surface area (Å²) in [6, 6.07) is 6.83. The Labute approximate surface area is 114 Å². The number of ether oxygens (including phenoxy) is 1. The molecule has 0 bridgehead atoms. The molecule has 5 heteroatoms. The van der Waals surface area contributed by atoms with Crippen molar-refractivity contribution in [2.24, 2.45) is 5.73 Å². The number of hydrogen-bond acceptors (Lipinski definition) is 4. The first kappa shape index (κ1) is 14.3. The highest BCUT2D eigenvalue weighted by atomic mass is 32.2. The normalized spacial score (nSPS) is 18.1. The molecule has 0 radical (unpaired) electrons. The minimum absolute atomic E-state index is 0.354. The molecule has 1 aliphatic rings. The Morgan fingerprint density at radius 3 is 2.21 bits per heavy atom. The van der Waals surface area contributed by atoms with Gasteiger partial charge in [-0.25, -0.2) is 8.42 Å². The van der Waals surface area contributed by atoms with E-state index in [2.05, 4.69) is 0 Å². The van der Waals surface area contributed by atoms with Crippen molar-refractivity contribution in [1.29, 1.82) is 0 Å². The van der Waals surface area contributed by atoms with E-state index in [9.17, 15) is 8.42 Å². The van der Waals surface area contributed by atoms with Crippen molar-refractivity contribution in [3.63, 3.8) is 0 Å². The molecule has 19 heavy (non-hydrogen) atoms. The van der Waals surface area contributed by atoms with Gasteiger partial charge in [-0.15, -0.1) is 0 Å². The lowest BCUT2D eigenvalue weighted by atomic mass is 9.96. The van der Waals surface area contributed by atoms with E-state index in [4.69, 9.17) is 10.5 Å². The molecule has 0 amide bonds. The third-order valence-corrected chi connectivity index (χ3v) is 5.94. The summed E-state index contributed by atoms with van der Waals surface area (Å²) in [7, 11) is -3.23. The van der Waals surface area contributed by atoms with Crippen LogP contribution in [-0.4, -0.2) is 25.5 Å². The SMILES string of the molecule is CC(C)(C(N)c1ccc(OC2CC2)cc1)S(C)(=O)=O. The minimum Gasteiger partial charge on any atom is -0.490 e. The quantitative estimate of drug-likeness (QED) is 0.898. The fourth-order valence-corrected chi connectivity index (χ4v) is 2.36. The maximum atomic E-state index is 11.8. The monoisotopic (exact) mass is 283 g/mol. The lowest BCUT2D eigenvalue weighted by Gasteiger charge is -2.30. The van der Waals surface area contributed by atoms with Gasteiger partial charge in [0.05, 0.1) is 10.9 Å². The van der Waals surface area contributed by atoms with Crippen LogP contribution in [0.25, 0.3) is 0 Å². The fourth-order valence-electron chi connectivity index (χ4n) is 1.76. The lowest BCUT2D eigenvalue weighted by molar-refractivity contribution is 0.303. The summed E-state index contributed by atoms with van der Waals surface area (Å²) in [5.74, 6) is 0.815. The first-order valence-corrected chi connectivity index (χ1v) is 8.33. The van der Waals surface area contributed by atoms with Crippen molar-refractivity contribution in [3.8, 4) is 5.75 Å². The van der Waals surface area contributed by atoms with Gasteiger partial charge in [0.2, 0.25) is 0 Å². The molecule has 1 aliphatic carbocycles. The van der Waals surface area contributed by atoms with Crippen molar-refractivity contribution in [2.75, 3.05) is 6.26 Å². The second-order valence-corrected chi connectivity index (χ2v) is 8.34. The predicted molar refractivity (Wildman–Crippen MR) is 75.9 cm³/mol. The van der Waals surface area contributed by atoms with Gasteiger partial charge in [0.1, 0.15) is 5.75 Å². The molecule has 1 aromatic rings. The Morgan fingerprint density at radius 2 is 1.79 bits per heavy atom. The molecule has 1 aromatic carbocycles. The zero-order valence-corrected chi connectivity index (χ0v) is 12.4. The number of rotatable bonds is 5. The summed E-state index contributed by atoms with van der Waals surface area (Å²) in [4.78, 5) is 0. The van der Waals surface area contributed by atoms with Gasteiger partial charge in [0.15, 0.2) is 9.84 Å². The molecule has 0 aromatic heterocycles. The van der Waals surface area contributed by atoms with E-state index >= 15 is 0 Å². The summed E-state index contributed by atoms with van der Waals surface area (Å²) in [6.07, 6.45) is 3.80. The summed E-state index contributed by atoms with van der Waals surface area (Å²) in [5, 5.41) is 0. The van der Waals surface area contributed by atoms with Crippen LogP contribution in [0.3, 0.4) is 0 Å². The van der Waals surface area contributed by atoms with Gasteiger partial charge in [0.25, 0.3) is 0 Å². The van der Waals surface area contributed by atoms with E-state index in [1.54, 1.807) is 13.8 Å². The van der Waals surface area contributed by atoms with Crippen LogP contribution in [0.2, 0.25) is 0 Å². The van der Waals surface area contributed by atoms with Gasteiger partial charge < -0.3 is 10.5 Å². The van der Waals surface area contributed by atoms with Crippen molar-refractivity contribution in [1.82, 2.24) is 0 Å². The first-order valence-electron chi connectivity index (χ1n) is 6.43. The molecule has 4 nitrogen and oxygen atoms in total. The van der Waals surface area contributed by atoms with Gasteiger partial charge >= 0.3 is 0 Å². The van der Waals surface area contributed by atoms with Gasteiger partial charge in [-0.1, -0.05) is 12.1 Å². The standard InChI is InChI=1S/C14H21NO3S/c1-14(2,19(3,16)17)13(15)10-4-6-11(7-5-10)18-12-8-9-12/h4-7,12-13H,8-9,15H2,1-3H3. The predicted octanol–water partition coefficient (Wildman–Crippen LogP) is 2.05. The highest BCUT2D eigenvalue weighted by Gasteiger charge is 2.37. The van der Waals surface area contributed by atoms with Crippen molar-refractivity contribution in [3.05, 3.63) is 29.8 Å². The molecular formula is C14H21NO3S. The Morgan fingerprint density at radius 1 is 1.26 bits per heavy atom. The van der Waals surface area contributed by atoms with Crippen molar-refractivity contribution < 1.29 is 13.2 Å². The average molecular weight is 283 g/mol. The van der Waals surface area contributed by atoms with Crippen LogP contribution >= 0.6 is 0 Å². The minimum atomic E-state index is -3.23. The molecule has 2 N–H and O–H groups in total. The molecule has 1 saturated carbocycles. The topological polar surface area (TPSA) is 69.4 Å². The molecule has 0 saturated heterocycles. The Kier molecular flexibility index (Phi) is 3.62. The smallest absolute Gasteiger partial charge is 0.154 e. The number of benzene rings is 1. The summed E-state index contributed by atoms with van der Waals surface area (Å²) in [5.41, 5.74) is 6.91. The summed E-state index contributed by atoms with van der Waals surface area (Å²) < 4.78 is 28.2. The van der Waals surface area contributed by atoms with E-state index in [1.807, 2.05) is 24.3 Å². The van der Waals surface area contributed by atoms with E-state index < -0.39 is 20.6 Å². The van der Waals surface area contributed by atoms with Crippen molar-refractivity contribution >= 4 is 9.84 Å². The van der Waals surface area contributed by atoms with E-state index in [1.165, 1.54) is 6.26 Å². The van der Waals surface area contributed by atoms with Crippen LogP contribution in [0.15, 0.2) is 24.3 Å². The Balaban J connectivity index is 2.16. The lowest BCUT2D eigenvalue weighted by Crippen LogP contribution is -2.42. The highest BCUT2D eigenvalue weighted by Crippen LogP contribution is 2.32. The second-order valence-electron chi connectivity index (χ2n) is 5.74. The summed E-state index contributed by atoms with van der Waals surface area (Å²) >= 11 is 0. The molecule has 0 heterocycles. The van der Waals surface area contributed by atoms with E-state index in [0.717, 1.165) is 24.2 Å². The maximum absolute atomic E-state index is 11.8. The second kappa shape index (κ2) is 4.80. The number of sulfone groups is 1. The Bertz CT molecular complexity index is 545. The van der Waals surface area contributed by atoms with E-state index in [0.29, 0.717) is 6.10 Å². The number of hydrogen-bond donors (Lipinski definition) is 1. The third kappa shape index (κ3) is 3.09. The number of nitrogens with two attached hydrogens (primary N) is 1. The molecule has 1 atom stereocenters. The van der Waals surface area contributed by atoms with Crippen LogP contribution in [0.4, 0.5) is 0 Å². The van der Waals surface area contributed by atoms with E-state index in [-0.39, 0.29) is 0 Å². The largest absolute Gasteiger partial charge is 0.490 e. The molecule has 1 fully saturated rings. The molecule has 106 valence electrons. The third-order valence-electron chi connectivity index (χ3n) is 3.77. The molecule has 1 unspecified atom stereocenters. The van der Waals surface area contributed by atoms with Crippen LogP contribution in [0.1, 0.15) is 38.3 Å². The maximum Gasteiger partial charge on any atom is 0.154 e. The Hall–Kier alpha value is -1.07. The van der Waals surface area contributed by atoms with Gasteiger partial charge in [-0.2, -0.15) is 0 Å². The summed E-state index contributed by atoms with van der Waals surface area (Å²) in [6.45, 7) is 3.31. The van der Waals surface area contributed by atoms with Crippen LogP contribution < -0.4 is 10.5 Å². The van der Waals surface area contributed by atoms with Gasteiger partial charge in [0, 0.05) is 12.3 Å². The average Bonchev–Trinajstić information content (AvgIpc) is 3.11. The molecule has 2 rings (SSSR count). The molecular weight excluding hydrogens is 262 g/mol. The van der Waals surface area contributed by atoms with Crippen molar-refractivity contribution in [2.45, 2.75) is 43.6 Å². The van der Waals surface area contributed by atoms with Crippen LogP contribution in [0.5, 0.6) is 5.75 Å².